The molecular weight excluding hydrogens is 424 g/mol. The van der Waals surface area contributed by atoms with Gasteiger partial charge in [0, 0.05) is 25.2 Å². The number of benzene rings is 3. The van der Waals surface area contributed by atoms with E-state index >= 15 is 0 Å². The number of carboxylic acid groups (broad SMARTS) is 1. The summed E-state index contributed by atoms with van der Waals surface area (Å²) in [6.07, 6.45) is 7.51. The number of H-pyrrole nitrogens is 1. The van der Waals surface area contributed by atoms with Crippen molar-refractivity contribution >= 4 is 34.1 Å². The van der Waals surface area contributed by atoms with Crippen LogP contribution in [-0.2, 0) is 9.53 Å². The van der Waals surface area contributed by atoms with Crippen molar-refractivity contribution in [1.29, 1.82) is 0 Å². The third kappa shape index (κ3) is 5.69. The number of allylic oxidation sites excluding steroid dienone is 1. The predicted octanol–water partition coefficient (Wildman–Crippen LogP) is 6.44. The van der Waals surface area contributed by atoms with Gasteiger partial charge in [0.2, 0.25) is 0 Å². The molecule has 0 saturated carbocycles. The SMILES string of the molecule is COCCCCC(=C(c1ccc(C=CC(=O)O)cc1)c1ccc2[nH]ncc2c1)c1ccccc1. The van der Waals surface area contributed by atoms with Crippen LogP contribution in [0.4, 0.5) is 0 Å². The number of hydrogen-bond donors (Lipinski definition) is 2. The van der Waals surface area contributed by atoms with E-state index in [-0.39, 0.29) is 0 Å². The van der Waals surface area contributed by atoms with E-state index in [9.17, 15) is 4.79 Å². The average molecular weight is 453 g/mol. The molecule has 0 atom stereocenters. The Labute approximate surface area is 199 Å². The first-order chi connectivity index (χ1) is 16.7. The number of nitrogens with zero attached hydrogens (tertiary/aromatic N) is 1. The van der Waals surface area contributed by atoms with Crippen molar-refractivity contribution in [1.82, 2.24) is 10.2 Å². The van der Waals surface area contributed by atoms with E-state index in [0.29, 0.717) is 0 Å². The molecule has 0 spiro atoms. The lowest BCUT2D eigenvalue weighted by atomic mass is 9.86. The van der Waals surface area contributed by atoms with E-state index in [1.54, 1.807) is 13.2 Å². The number of aromatic amines is 1. The van der Waals surface area contributed by atoms with Crippen LogP contribution in [0.5, 0.6) is 0 Å². The van der Waals surface area contributed by atoms with Crippen molar-refractivity contribution in [2.24, 2.45) is 0 Å². The Morgan fingerprint density at radius 3 is 2.47 bits per heavy atom. The molecule has 3 aromatic carbocycles. The van der Waals surface area contributed by atoms with E-state index in [2.05, 4.69) is 64.8 Å². The van der Waals surface area contributed by atoms with Crippen LogP contribution >= 0.6 is 0 Å². The topological polar surface area (TPSA) is 75.2 Å². The fourth-order valence-electron chi connectivity index (χ4n) is 4.14. The number of nitrogens with one attached hydrogen (secondary N) is 1. The first-order valence-electron chi connectivity index (χ1n) is 11.4. The van der Waals surface area contributed by atoms with Gasteiger partial charge in [0.25, 0.3) is 0 Å². The summed E-state index contributed by atoms with van der Waals surface area (Å²) in [5.41, 5.74) is 7.68. The van der Waals surface area contributed by atoms with Gasteiger partial charge in [-0.05, 0) is 70.9 Å². The maximum absolute atomic E-state index is 10.9. The second-order valence-electron chi connectivity index (χ2n) is 8.14. The van der Waals surface area contributed by atoms with E-state index in [1.807, 2.05) is 24.4 Å². The van der Waals surface area contributed by atoms with Crippen LogP contribution < -0.4 is 0 Å². The number of carbonyl (C=O) groups is 1. The lowest BCUT2D eigenvalue weighted by Crippen LogP contribution is -1.97. The van der Waals surface area contributed by atoms with Crippen LogP contribution in [0, 0.1) is 0 Å². The van der Waals surface area contributed by atoms with Crippen LogP contribution in [0.3, 0.4) is 0 Å². The Balaban J connectivity index is 1.86. The van der Waals surface area contributed by atoms with Crippen LogP contribution in [0.25, 0.3) is 28.1 Å². The molecule has 1 aromatic heterocycles. The zero-order valence-corrected chi connectivity index (χ0v) is 19.2. The van der Waals surface area contributed by atoms with Gasteiger partial charge in [0.1, 0.15) is 0 Å². The number of hydrogen-bond acceptors (Lipinski definition) is 3. The summed E-state index contributed by atoms with van der Waals surface area (Å²) >= 11 is 0. The number of rotatable bonds is 10. The van der Waals surface area contributed by atoms with Gasteiger partial charge in [-0.1, -0.05) is 60.7 Å². The summed E-state index contributed by atoms with van der Waals surface area (Å²) in [7, 11) is 1.74. The summed E-state index contributed by atoms with van der Waals surface area (Å²) in [6, 6.07) is 24.9. The van der Waals surface area contributed by atoms with Gasteiger partial charge < -0.3 is 9.84 Å². The van der Waals surface area contributed by atoms with Crippen molar-refractivity contribution in [3.63, 3.8) is 0 Å². The molecule has 172 valence electrons. The number of unbranched alkanes of at least 4 members (excludes halogenated alkanes) is 1. The summed E-state index contributed by atoms with van der Waals surface area (Å²) in [5, 5.41) is 17.2. The highest BCUT2D eigenvalue weighted by molar-refractivity contribution is 6.00. The zero-order valence-electron chi connectivity index (χ0n) is 19.2. The highest BCUT2D eigenvalue weighted by Crippen LogP contribution is 2.36. The second kappa shape index (κ2) is 11.3. The molecule has 0 amide bonds. The van der Waals surface area contributed by atoms with Gasteiger partial charge in [0.15, 0.2) is 0 Å². The Bertz CT molecular complexity index is 1300. The quantitative estimate of drug-likeness (QED) is 0.165. The molecule has 0 aliphatic carbocycles. The van der Waals surface area contributed by atoms with Gasteiger partial charge >= 0.3 is 5.97 Å². The van der Waals surface area contributed by atoms with Crippen LogP contribution in [-0.4, -0.2) is 35.0 Å². The molecule has 5 heteroatoms. The third-order valence-corrected chi connectivity index (χ3v) is 5.80. The first kappa shape index (κ1) is 23.2. The fraction of sp³-hybridized carbons (Fsp3) is 0.172. The monoisotopic (exact) mass is 452 g/mol. The average Bonchev–Trinajstić information content (AvgIpc) is 3.34. The van der Waals surface area contributed by atoms with Gasteiger partial charge in [-0.15, -0.1) is 0 Å². The lowest BCUT2D eigenvalue weighted by Gasteiger charge is -2.18. The van der Waals surface area contributed by atoms with E-state index in [1.165, 1.54) is 16.7 Å². The highest BCUT2D eigenvalue weighted by atomic mass is 16.5. The molecule has 5 nitrogen and oxygen atoms in total. The molecular formula is C29H28N2O3. The van der Waals surface area contributed by atoms with Gasteiger partial charge in [-0.25, -0.2) is 4.79 Å². The van der Waals surface area contributed by atoms with Crippen molar-refractivity contribution < 1.29 is 14.6 Å². The molecule has 0 fully saturated rings. The van der Waals surface area contributed by atoms with Crippen molar-refractivity contribution in [2.45, 2.75) is 19.3 Å². The Morgan fingerprint density at radius 1 is 0.971 bits per heavy atom. The normalized spacial score (nSPS) is 12.3. The minimum Gasteiger partial charge on any atom is -0.478 e. The van der Waals surface area contributed by atoms with Gasteiger partial charge in [0.05, 0.1) is 11.7 Å². The first-order valence-corrected chi connectivity index (χ1v) is 11.4. The van der Waals surface area contributed by atoms with Gasteiger partial charge in [-0.3, -0.25) is 5.10 Å². The summed E-state index contributed by atoms with van der Waals surface area (Å²) in [4.78, 5) is 10.9. The van der Waals surface area contributed by atoms with Crippen LogP contribution in [0.15, 0.2) is 85.1 Å². The summed E-state index contributed by atoms with van der Waals surface area (Å²) in [6.45, 7) is 0.739. The molecule has 0 aliphatic heterocycles. The molecule has 0 saturated heterocycles. The second-order valence-corrected chi connectivity index (χ2v) is 8.14. The Hall–Kier alpha value is -3.96. The fourth-order valence-corrected chi connectivity index (χ4v) is 4.14. The molecule has 0 radical (unpaired) electrons. The van der Waals surface area contributed by atoms with Crippen LogP contribution in [0.1, 0.15) is 41.5 Å². The largest absolute Gasteiger partial charge is 0.478 e. The highest BCUT2D eigenvalue weighted by Gasteiger charge is 2.15. The summed E-state index contributed by atoms with van der Waals surface area (Å²) < 4.78 is 5.28. The Morgan fingerprint density at radius 2 is 1.74 bits per heavy atom. The number of methoxy groups -OCH3 is 1. The van der Waals surface area contributed by atoms with E-state index in [0.717, 1.165) is 59.5 Å². The minimum atomic E-state index is -0.958. The number of carboxylic acids is 1. The number of aromatic nitrogens is 2. The van der Waals surface area contributed by atoms with Crippen molar-refractivity contribution in [3.8, 4) is 0 Å². The molecule has 0 aliphatic rings. The molecule has 2 N–H and O–H groups in total. The number of aliphatic carboxylic acids is 1. The maximum Gasteiger partial charge on any atom is 0.328 e. The number of fused-ring (bicyclic) bond motifs is 1. The molecule has 4 rings (SSSR count). The molecule has 0 bridgehead atoms. The number of ether oxygens (including phenoxy) is 1. The summed E-state index contributed by atoms with van der Waals surface area (Å²) in [5.74, 6) is -0.958. The maximum atomic E-state index is 10.9. The standard InChI is InChI=1S/C29H28N2O3/c1-34-18-6-5-9-26(22-7-3-2-4-8-22)29(24-15-16-27-25(19-24)20-30-31-27)23-13-10-21(11-14-23)12-17-28(32)33/h2-4,7-8,10-17,19-20H,5-6,9,18H2,1H3,(H,30,31)(H,32,33). The van der Waals surface area contributed by atoms with Crippen molar-refractivity contribution in [3.05, 3.63) is 107 Å². The Kier molecular flexibility index (Phi) is 7.68. The third-order valence-electron chi connectivity index (χ3n) is 5.80. The minimum absolute atomic E-state index is 0.739. The predicted molar refractivity (Wildman–Crippen MR) is 137 cm³/mol. The molecule has 4 aromatic rings. The smallest absolute Gasteiger partial charge is 0.328 e. The van der Waals surface area contributed by atoms with Gasteiger partial charge in [-0.2, -0.15) is 5.10 Å². The van der Waals surface area contributed by atoms with Crippen LogP contribution in [0.2, 0.25) is 0 Å². The lowest BCUT2D eigenvalue weighted by molar-refractivity contribution is -0.131. The van der Waals surface area contributed by atoms with Crippen molar-refractivity contribution in [2.75, 3.05) is 13.7 Å². The van der Waals surface area contributed by atoms with E-state index in [4.69, 9.17) is 9.84 Å². The zero-order chi connectivity index (χ0) is 23.8. The van der Waals surface area contributed by atoms with E-state index < -0.39 is 5.97 Å². The molecule has 0 unspecified atom stereocenters. The molecule has 34 heavy (non-hydrogen) atoms. The molecule has 1 heterocycles.